The van der Waals surface area contributed by atoms with Gasteiger partial charge in [0, 0.05) is 10.9 Å². The van der Waals surface area contributed by atoms with Gasteiger partial charge in [-0.2, -0.15) is 0 Å². The predicted octanol–water partition coefficient (Wildman–Crippen LogP) is 11.2. The molecule has 8 aromatic rings. The molecule has 0 aliphatic rings. The molecule has 1 nitrogen and oxygen atoms in total. The van der Waals surface area contributed by atoms with Crippen molar-refractivity contribution in [2.75, 3.05) is 0 Å². The monoisotopic (exact) mass is 533 g/mol. The van der Waals surface area contributed by atoms with Crippen molar-refractivity contribution in [1.29, 1.82) is 0 Å². The van der Waals surface area contributed by atoms with Gasteiger partial charge in [-0.15, -0.1) is 0 Å². The maximum Gasteiger partial charge on any atom is 0.0722 e. The van der Waals surface area contributed by atoms with E-state index in [1.165, 1.54) is 54.9 Å². The predicted molar refractivity (Wildman–Crippen MR) is 178 cm³/mol. The average Bonchev–Trinajstić information content (AvgIpc) is 3.07. The van der Waals surface area contributed by atoms with E-state index in [1.807, 2.05) is 0 Å². The number of hydrogen-bond acceptors (Lipinski definition) is 1. The average molecular weight is 534 g/mol. The fourth-order valence-corrected chi connectivity index (χ4v) is 6.33. The van der Waals surface area contributed by atoms with Gasteiger partial charge in [-0.25, -0.2) is 4.98 Å². The standard InChI is InChI=1S/C41H27N/c1-3-13-28(14-4-1)30-23-25-36(34-19-9-7-17-32(30)34)39-27-41(42-40-22-12-11-21-37(39)40)38-26-24-31(29-15-5-2-6-16-29)33-18-8-10-20-35(33)38/h1-27H. The van der Waals surface area contributed by atoms with Crippen LogP contribution in [0.1, 0.15) is 0 Å². The molecule has 0 aliphatic heterocycles. The van der Waals surface area contributed by atoms with Gasteiger partial charge in [0.15, 0.2) is 0 Å². The van der Waals surface area contributed by atoms with Gasteiger partial charge in [-0.1, -0.05) is 152 Å². The van der Waals surface area contributed by atoms with E-state index in [9.17, 15) is 0 Å². The van der Waals surface area contributed by atoms with Gasteiger partial charge < -0.3 is 0 Å². The van der Waals surface area contributed by atoms with Crippen LogP contribution in [-0.4, -0.2) is 4.98 Å². The number of para-hydroxylation sites is 1. The smallest absolute Gasteiger partial charge is 0.0722 e. The summed E-state index contributed by atoms with van der Waals surface area (Å²) in [5.74, 6) is 0. The van der Waals surface area contributed by atoms with E-state index in [-0.39, 0.29) is 0 Å². The van der Waals surface area contributed by atoms with Crippen molar-refractivity contribution in [3.63, 3.8) is 0 Å². The van der Waals surface area contributed by atoms with Crippen LogP contribution in [0, 0.1) is 0 Å². The molecule has 1 aromatic heterocycles. The van der Waals surface area contributed by atoms with E-state index in [4.69, 9.17) is 4.98 Å². The lowest BCUT2D eigenvalue weighted by molar-refractivity contribution is 1.41. The molecular formula is C41H27N. The lowest BCUT2D eigenvalue weighted by Crippen LogP contribution is -1.93. The summed E-state index contributed by atoms with van der Waals surface area (Å²) in [5.41, 5.74) is 10.5. The number of nitrogens with zero attached hydrogens (tertiary/aromatic N) is 1. The van der Waals surface area contributed by atoms with Crippen molar-refractivity contribution in [2.24, 2.45) is 0 Å². The molecule has 0 spiro atoms. The maximum atomic E-state index is 5.23. The summed E-state index contributed by atoms with van der Waals surface area (Å²) in [6, 6.07) is 58.6. The van der Waals surface area contributed by atoms with E-state index >= 15 is 0 Å². The Balaban J connectivity index is 1.38. The molecule has 196 valence electrons. The van der Waals surface area contributed by atoms with Crippen molar-refractivity contribution in [2.45, 2.75) is 0 Å². The largest absolute Gasteiger partial charge is 0.248 e. The number of fused-ring (bicyclic) bond motifs is 3. The lowest BCUT2D eigenvalue weighted by Gasteiger charge is -2.16. The normalized spacial score (nSPS) is 11.3. The van der Waals surface area contributed by atoms with Gasteiger partial charge in [-0.05, 0) is 67.1 Å². The molecule has 0 N–H and O–H groups in total. The Bertz CT molecular complexity index is 2230. The van der Waals surface area contributed by atoms with Gasteiger partial charge in [0.25, 0.3) is 0 Å². The molecule has 0 aliphatic carbocycles. The number of aromatic nitrogens is 1. The van der Waals surface area contributed by atoms with Gasteiger partial charge in [0.1, 0.15) is 0 Å². The highest BCUT2D eigenvalue weighted by atomic mass is 14.7. The summed E-state index contributed by atoms with van der Waals surface area (Å²) in [5, 5.41) is 6.09. The van der Waals surface area contributed by atoms with Crippen LogP contribution in [-0.2, 0) is 0 Å². The van der Waals surface area contributed by atoms with Crippen molar-refractivity contribution in [1.82, 2.24) is 4.98 Å². The van der Waals surface area contributed by atoms with Crippen molar-refractivity contribution in [3.05, 3.63) is 164 Å². The number of hydrogen-bond donors (Lipinski definition) is 0. The molecule has 0 atom stereocenters. The lowest BCUT2D eigenvalue weighted by atomic mass is 9.89. The number of rotatable bonds is 4. The first-order valence-corrected chi connectivity index (χ1v) is 14.4. The van der Waals surface area contributed by atoms with E-state index in [0.29, 0.717) is 0 Å². The van der Waals surface area contributed by atoms with Crippen LogP contribution in [0.5, 0.6) is 0 Å². The van der Waals surface area contributed by atoms with Crippen LogP contribution in [0.25, 0.3) is 77.1 Å². The minimum absolute atomic E-state index is 0.982. The van der Waals surface area contributed by atoms with Gasteiger partial charge in [0.05, 0.1) is 11.2 Å². The number of benzene rings is 7. The molecule has 0 bridgehead atoms. The SMILES string of the molecule is c1ccc(-c2ccc(-c3cc(-c4ccc(-c5ccccc5)c5ccccc45)c4ccccc4n3)c3ccccc23)cc1. The molecule has 7 aromatic carbocycles. The zero-order chi connectivity index (χ0) is 27.9. The summed E-state index contributed by atoms with van der Waals surface area (Å²) in [6.45, 7) is 0. The minimum atomic E-state index is 0.982. The van der Waals surface area contributed by atoms with Crippen LogP contribution in [0.3, 0.4) is 0 Å². The van der Waals surface area contributed by atoms with E-state index < -0.39 is 0 Å². The Morgan fingerprint density at radius 2 is 0.690 bits per heavy atom. The Morgan fingerprint density at radius 3 is 1.26 bits per heavy atom. The third kappa shape index (κ3) is 4.06. The first-order chi connectivity index (χ1) is 20.8. The third-order valence-electron chi connectivity index (χ3n) is 8.30. The topological polar surface area (TPSA) is 12.9 Å². The zero-order valence-electron chi connectivity index (χ0n) is 23.0. The highest BCUT2D eigenvalue weighted by molar-refractivity contribution is 6.11. The van der Waals surface area contributed by atoms with E-state index in [2.05, 4.69) is 164 Å². The number of pyridine rings is 1. The van der Waals surface area contributed by atoms with Crippen LogP contribution in [0.4, 0.5) is 0 Å². The summed E-state index contributed by atoms with van der Waals surface area (Å²) in [4.78, 5) is 5.23. The van der Waals surface area contributed by atoms with Gasteiger partial charge >= 0.3 is 0 Å². The zero-order valence-corrected chi connectivity index (χ0v) is 23.0. The van der Waals surface area contributed by atoms with E-state index in [1.54, 1.807) is 0 Å². The molecule has 0 amide bonds. The molecule has 42 heavy (non-hydrogen) atoms. The molecule has 0 unspecified atom stereocenters. The second kappa shape index (κ2) is 10.1. The van der Waals surface area contributed by atoms with E-state index in [0.717, 1.165) is 22.2 Å². The Hall–Kier alpha value is -5.53. The Kier molecular flexibility index (Phi) is 5.86. The summed E-state index contributed by atoms with van der Waals surface area (Å²) >= 11 is 0. The van der Waals surface area contributed by atoms with Crippen molar-refractivity contribution >= 4 is 32.4 Å². The second-order valence-corrected chi connectivity index (χ2v) is 10.7. The van der Waals surface area contributed by atoms with Crippen molar-refractivity contribution < 1.29 is 0 Å². The fraction of sp³-hybridized carbons (Fsp3) is 0. The van der Waals surface area contributed by atoms with Crippen LogP contribution in [0.15, 0.2) is 164 Å². The second-order valence-electron chi connectivity index (χ2n) is 10.7. The Labute approximate surface area is 245 Å². The summed E-state index contributed by atoms with van der Waals surface area (Å²) in [7, 11) is 0. The minimum Gasteiger partial charge on any atom is -0.248 e. The van der Waals surface area contributed by atoms with Crippen molar-refractivity contribution in [3.8, 4) is 44.6 Å². The highest BCUT2D eigenvalue weighted by Gasteiger charge is 2.16. The Morgan fingerprint density at radius 1 is 0.286 bits per heavy atom. The first-order valence-electron chi connectivity index (χ1n) is 14.4. The van der Waals surface area contributed by atoms with Gasteiger partial charge in [-0.3, -0.25) is 0 Å². The molecule has 8 rings (SSSR count). The summed E-state index contributed by atoms with van der Waals surface area (Å²) < 4.78 is 0. The molecule has 0 fully saturated rings. The molecule has 0 saturated heterocycles. The third-order valence-corrected chi connectivity index (χ3v) is 8.30. The quantitative estimate of drug-likeness (QED) is 0.219. The molecule has 1 heterocycles. The molecule has 0 saturated carbocycles. The van der Waals surface area contributed by atoms with Crippen LogP contribution in [0.2, 0.25) is 0 Å². The maximum absolute atomic E-state index is 5.23. The van der Waals surface area contributed by atoms with Crippen LogP contribution < -0.4 is 0 Å². The highest BCUT2D eigenvalue weighted by Crippen LogP contribution is 2.41. The molecular weight excluding hydrogens is 506 g/mol. The molecule has 0 radical (unpaired) electrons. The molecule has 1 heteroatoms. The van der Waals surface area contributed by atoms with Crippen LogP contribution >= 0.6 is 0 Å². The fourth-order valence-electron chi connectivity index (χ4n) is 6.33. The van der Waals surface area contributed by atoms with Gasteiger partial charge in [0.2, 0.25) is 0 Å². The first kappa shape index (κ1) is 24.3. The summed E-state index contributed by atoms with van der Waals surface area (Å²) in [6.07, 6.45) is 0.